The Morgan fingerprint density at radius 1 is 1.40 bits per heavy atom. The molecule has 0 aromatic carbocycles. The van der Waals surface area contributed by atoms with Crippen LogP contribution in [0.15, 0.2) is 23.1 Å². The summed E-state index contributed by atoms with van der Waals surface area (Å²) in [5.74, 6) is 0.390. The minimum atomic E-state index is -0.825. The van der Waals surface area contributed by atoms with Gasteiger partial charge in [0, 0.05) is 11.6 Å². The van der Waals surface area contributed by atoms with E-state index in [0.29, 0.717) is 36.5 Å². The molecule has 3 N–H and O–H groups in total. The Labute approximate surface area is 144 Å². The Morgan fingerprint density at radius 2 is 2.16 bits per heavy atom. The van der Waals surface area contributed by atoms with Gasteiger partial charge in [0.1, 0.15) is 11.6 Å². The molecular weight excluding hydrogens is 324 g/mol. The number of hydrogen-bond acceptors (Lipinski definition) is 7. The molecule has 2 saturated heterocycles. The van der Waals surface area contributed by atoms with E-state index in [0.717, 1.165) is 12.8 Å². The maximum Gasteiger partial charge on any atom is 0.270 e. The van der Waals surface area contributed by atoms with Crippen LogP contribution in [0.3, 0.4) is 0 Å². The van der Waals surface area contributed by atoms with Gasteiger partial charge in [0.25, 0.3) is 5.56 Å². The second kappa shape index (κ2) is 5.76. The maximum atomic E-state index is 12.4. The van der Waals surface area contributed by atoms with Gasteiger partial charge in [-0.1, -0.05) is 0 Å². The number of aromatic nitrogens is 3. The maximum absolute atomic E-state index is 12.4. The van der Waals surface area contributed by atoms with Crippen molar-refractivity contribution >= 4 is 11.2 Å². The Kier molecular flexibility index (Phi) is 3.78. The molecule has 2 aliphatic heterocycles. The normalized spacial score (nSPS) is 29.7. The number of nitrogens with zero attached hydrogens (tertiary/aromatic N) is 3. The summed E-state index contributed by atoms with van der Waals surface area (Å²) in [5.41, 5.74) is 5.98. The first kappa shape index (κ1) is 16.4. The zero-order chi connectivity index (χ0) is 17.7. The molecule has 0 radical (unpaired) electrons. The average Bonchev–Trinajstić information content (AvgIpc) is 2.64. The van der Waals surface area contributed by atoms with Gasteiger partial charge >= 0.3 is 0 Å². The molecule has 1 unspecified atom stereocenters. The summed E-state index contributed by atoms with van der Waals surface area (Å²) in [6, 6.07) is 3.42. The molecule has 2 aromatic heterocycles. The van der Waals surface area contributed by atoms with E-state index in [4.69, 9.17) is 15.2 Å². The van der Waals surface area contributed by atoms with Crippen molar-refractivity contribution in [1.82, 2.24) is 14.5 Å². The fraction of sp³-hybridized carbons (Fsp3) is 0.588. The first-order valence-electron chi connectivity index (χ1n) is 8.46. The molecule has 0 spiro atoms. The first-order chi connectivity index (χ1) is 11.9. The minimum Gasteiger partial charge on any atom is -0.481 e. The summed E-state index contributed by atoms with van der Waals surface area (Å²) >= 11 is 0. The predicted octanol–water partition coefficient (Wildman–Crippen LogP) is 0.201. The fourth-order valence-electron chi connectivity index (χ4n) is 3.83. The van der Waals surface area contributed by atoms with Crippen LogP contribution in [0.1, 0.15) is 25.7 Å². The van der Waals surface area contributed by atoms with E-state index in [2.05, 4.69) is 9.97 Å². The molecule has 25 heavy (non-hydrogen) atoms. The second-order valence-corrected chi connectivity index (χ2v) is 7.14. The lowest BCUT2D eigenvalue weighted by Crippen LogP contribution is -2.64. The highest BCUT2D eigenvalue weighted by Crippen LogP contribution is 2.44. The van der Waals surface area contributed by atoms with Crippen molar-refractivity contribution in [3.05, 3.63) is 28.7 Å². The fourth-order valence-corrected chi connectivity index (χ4v) is 3.83. The summed E-state index contributed by atoms with van der Waals surface area (Å²) in [4.78, 5) is 20.8. The molecule has 1 aliphatic carbocycles. The Hall–Kier alpha value is -2.03. The smallest absolute Gasteiger partial charge is 0.270 e. The molecule has 4 heterocycles. The summed E-state index contributed by atoms with van der Waals surface area (Å²) in [5, 5.41) is 10.9. The molecule has 8 heteroatoms. The molecule has 0 amide bonds. The molecule has 3 aliphatic rings. The number of methoxy groups -OCH3 is 1. The lowest BCUT2D eigenvalue weighted by Gasteiger charge is -2.53. The second-order valence-electron chi connectivity index (χ2n) is 7.14. The van der Waals surface area contributed by atoms with Crippen LogP contribution in [0, 0.1) is 0 Å². The van der Waals surface area contributed by atoms with Gasteiger partial charge in [-0.15, -0.1) is 0 Å². The predicted molar refractivity (Wildman–Crippen MR) is 90.4 cm³/mol. The van der Waals surface area contributed by atoms with Crippen LogP contribution in [0.4, 0.5) is 0 Å². The lowest BCUT2D eigenvalue weighted by molar-refractivity contribution is -0.204. The van der Waals surface area contributed by atoms with E-state index >= 15 is 0 Å². The number of pyridine rings is 1. The molecule has 3 fully saturated rings. The monoisotopic (exact) mass is 346 g/mol. The highest BCUT2D eigenvalue weighted by molar-refractivity contribution is 5.70. The number of ether oxygens (including phenoxy) is 2. The topological polar surface area (TPSA) is 112 Å². The van der Waals surface area contributed by atoms with Crippen molar-refractivity contribution in [2.45, 2.75) is 49.5 Å². The summed E-state index contributed by atoms with van der Waals surface area (Å²) in [7, 11) is 1.51. The van der Waals surface area contributed by atoms with Gasteiger partial charge in [-0.3, -0.25) is 9.36 Å². The molecule has 1 saturated carbocycles. The van der Waals surface area contributed by atoms with Gasteiger partial charge < -0.3 is 20.3 Å². The number of fused-ring (bicyclic) bond motifs is 4. The van der Waals surface area contributed by atoms with Gasteiger partial charge in [-0.05, 0) is 31.7 Å². The van der Waals surface area contributed by atoms with E-state index in [-0.39, 0.29) is 17.6 Å². The van der Waals surface area contributed by atoms with Crippen molar-refractivity contribution in [1.29, 1.82) is 0 Å². The van der Waals surface area contributed by atoms with Crippen LogP contribution < -0.4 is 16.0 Å². The third kappa shape index (κ3) is 2.70. The van der Waals surface area contributed by atoms with E-state index in [9.17, 15) is 9.90 Å². The number of hydrogen-bond donors (Lipinski definition) is 2. The van der Waals surface area contributed by atoms with Crippen molar-refractivity contribution < 1.29 is 14.6 Å². The largest absolute Gasteiger partial charge is 0.481 e. The number of rotatable bonds is 4. The zero-order valence-corrected chi connectivity index (χ0v) is 14.1. The van der Waals surface area contributed by atoms with Crippen LogP contribution in [-0.2, 0) is 11.3 Å². The third-order valence-electron chi connectivity index (χ3n) is 5.58. The van der Waals surface area contributed by atoms with Crippen molar-refractivity contribution in [2.24, 2.45) is 5.73 Å². The first-order valence-corrected chi connectivity index (χ1v) is 8.46. The molecular formula is C17H22N4O4. The summed E-state index contributed by atoms with van der Waals surface area (Å²) in [6.45, 7) is 0.539. The third-order valence-corrected chi connectivity index (χ3v) is 5.58. The van der Waals surface area contributed by atoms with Crippen molar-refractivity contribution in [3.8, 4) is 5.88 Å². The molecule has 1 atom stereocenters. The summed E-state index contributed by atoms with van der Waals surface area (Å²) in [6.07, 6.45) is 3.45. The van der Waals surface area contributed by atoms with Crippen molar-refractivity contribution in [2.75, 3.05) is 13.7 Å². The van der Waals surface area contributed by atoms with Crippen LogP contribution >= 0.6 is 0 Å². The molecule has 134 valence electrons. The van der Waals surface area contributed by atoms with Crippen LogP contribution in [0.5, 0.6) is 5.88 Å². The van der Waals surface area contributed by atoms with Gasteiger partial charge in [0.05, 0.1) is 32.1 Å². The molecule has 8 nitrogen and oxygen atoms in total. The zero-order valence-electron chi connectivity index (χ0n) is 14.1. The van der Waals surface area contributed by atoms with Gasteiger partial charge in [0.15, 0.2) is 5.65 Å². The Morgan fingerprint density at radius 3 is 2.80 bits per heavy atom. The number of aliphatic hydroxyl groups is 1. The lowest BCUT2D eigenvalue weighted by atomic mass is 9.69. The van der Waals surface area contributed by atoms with Gasteiger partial charge in [0.2, 0.25) is 5.88 Å². The highest BCUT2D eigenvalue weighted by atomic mass is 16.5. The van der Waals surface area contributed by atoms with Crippen molar-refractivity contribution in [3.63, 3.8) is 0 Å². The SMILES string of the molecule is COc1ccc2ncc(=O)n(CC(O)C34CCC(N)(CC3)CO4)c2n1. The van der Waals surface area contributed by atoms with E-state index in [1.807, 2.05) is 0 Å². The Balaban J connectivity index is 1.68. The molecule has 2 bridgehead atoms. The highest BCUT2D eigenvalue weighted by Gasteiger charge is 2.51. The van der Waals surface area contributed by atoms with E-state index in [1.165, 1.54) is 17.9 Å². The standard InChI is InChI=1S/C17H22N4O4/c1-24-13-3-2-11-15(20-13)21(14(23)8-19-11)9-12(22)17-6-4-16(18,5-7-17)10-25-17/h2-3,8,12,22H,4-7,9-10,18H2,1H3. The van der Waals surface area contributed by atoms with Crippen LogP contribution in [-0.4, -0.2) is 50.6 Å². The van der Waals surface area contributed by atoms with Gasteiger partial charge in [-0.2, -0.15) is 4.98 Å². The average molecular weight is 346 g/mol. The van der Waals surface area contributed by atoms with Crippen LogP contribution in [0.2, 0.25) is 0 Å². The van der Waals surface area contributed by atoms with Crippen LogP contribution in [0.25, 0.3) is 11.2 Å². The molecule has 2 aromatic rings. The quantitative estimate of drug-likeness (QED) is 0.813. The minimum absolute atomic E-state index is 0.0928. The number of nitrogens with two attached hydrogens (primary N) is 1. The van der Waals surface area contributed by atoms with Gasteiger partial charge in [-0.25, -0.2) is 4.98 Å². The van der Waals surface area contributed by atoms with E-state index in [1.54, 1.807) is 12.1 Å². The Bertz CT molecular complexity index is 841. The molecule has 5 rings (SSSR count). The van der Waals surface area contributed by atoms with E-state index < -0.39 is 11.7 Å². The summed E-state index contributed by atoms with van der Waals surface area (Å²) < 4.78 is 12.5. The number of aliphatic hydroxyl groups excluding tert-OH is 1.